The van der Waals surface area contributed by atoms with Crippen LogP contribution in [0.25, 0.3) is 10.6 Å². The lowest BCUT2D eigenvalue weighted by atomic mass is 10.2. The van der Waals surface area contributed by atoms with Crippen LogP contribution in [0.5, 0.6) is 11.5 Å². The van der Waals surface area contributed by atoms with Gasteiger partial charge in [0.05, 0.1) is 11.6 Å². The lowest BCUT2D eigenvalue weighted by Crippen LogP contribution is -2.25. The molecule has 140 valence electrons. The number of likely N-dealkylation sites (tertiary alicyclic amines) is 1. The summed E-state index contributed by atoms with van der Waals surface area (Å²) < 4.78 is 11.6. The number of thiazole rings is 1. The van der Waals surface area contributed by atoms with E-state index in [9.17, 15) is 4.79 Å². The van der Waals surface area contributed by atoms with Gasteiger partial charge in [0.1, 0.15) is 11.6 Å². The van der Waals surface area contributed by atoms with Crippen LogP contribution in [0.1, 0.15) is 30.3 Å². The molecule has 0 spiro atoms. The van der Waals surface area contributed by atoms with Crippen LogP contribution in [0.3, 0.4) is 0 Å². The minimum atomic E-state index is -1.05. The summed E-state index contributed by atoms with van der Waals surface area (Å²) in [6.07, 6.45) is 2.48. The van der Waals surface area contributed by atoms with Gasteiger partial charge in [0.2, 0.25) is 0 Å². The standard InChI is InChI=1S/C18H21ClN2O4S/c1-2-24-15-10-12(17-20-14(11-26-17)18(22)23)9-13(19)16(15)25-8-7-21-5-3-4-6-21/h9-11H,2-8H2,1H3,(H,22,23). The van der Waals surface area contributed by atoms with Gasteiger partial charge in [-0.25, -0.2) is 9.78 Å². The molecule has 1 fully saturated rings. The monoisotopic (exact) mass is 396 g/mol. The van der Waals surface area contributed by atoms with E-state index in [0.29, 0.717) is 40.3 Å². The highest BCUT2D eigenvalue weighted by molar-refractivity contribution is 7.13. The number of aromatic carboxylic acids is 1. The van der Waals surface area contributed by atoms with Crippen LogP contribution in [0.15, 0.2) is 17.5 Å². The van der Waals surface area contributed by atoms with E-state index >= 15 is 0 Å². The number of benzene rings is 1. The lowest BCUT2D eigenvalue weighted by Gasteiger charge is -2.18. The van der Waals surface area contributed by atoms with Crippen LogP contribution in [-0.2, 0) is 0 Å². The minimum Gasteiger partial charge on any atom is -0.490 e. The van der Waals surface area contributed by atoms with E-state index in [1.165, 1.54) is 29.6 Å². The number of ether oxygens (including phenoxy) is 2. The Hall–Kier alpha value is -1.83. The zero-order valence-corrected chi connectivity index (χ0v) is 16.1. The first-order valence-electron chi connectivity index (χ1n) is 8.59. The Morgan fingerprint density at radius 3 is 2.77 bits per heavy atom. The molecule has 1 N–H and O–H groups in total. The molecule has 2 heterocycles. The normalized spacial score (nSPS) is 14.5. The fraction of sp³-hybridized carbons (Fsp3) is 0.444. The highest BCUT2D eigenvalue weighted by Gasteiger charge is 2.18. The molecule has 1 aliphatic heterocycles. The average Bonchev–Trinajstić information content (AvgIpc) is 3.28. The number of hydrogen-bond donors (Lipinski definition) is 1. The van der Waals surface area contributed by atoms with Gasteiger partial charge in [0.25, 0.3) is 0 Å². The van der Waals surface area contributed by atoms with Crippen molar-refractivity contribution in [3.05, 3.63) is 28.2 Å². The number of carboxylic acid groups (broad SMARTS) is 1. The number of carbonyl (C=O) groups is 1. The van der Waals surface area contributed by atoms with E-state index in [0.717, 1.165) is 19.6 Å². The van der Waals surface area contributed by atoms with Crippen molar-refractivity contribution in [2.75, 3.05) is 32.8 Å². The highest BCUT2D eigenvalue weighted by atomic mass is 35.5. The van der Waals surface area contributed by atoms with Gasteiger partial charge in [-0.3, -0.25) is 4.90 Å². The van der Waals surface area contributed by atoms with Crippen molar-refractivity contribution in [2.45, 2.75) is 19.8 Å². The minimum absolute atomic E-state index is 0.0185. The summed E-state index contributed by atoms with van der Waals surface area (Å²) in [6.45, 7) is 5.99. The maximum absolute atomic E-state index is 11.0. The molecule has 0 aliphatic carbocycles. The van der Waals surface area contributed by atoms with Crippen molar-refractivity contribution >= 4 is 28.9 Å². The molecule has 0 unspecified atom stereocenters. The second kappa shape index (κ2) is 8.70. The maximum atomic E-state index is 11.0. The molecule has 0 amide bonds. The van der Waals surface area contributed by atoms with E-state index < -0.39 is 5.97 Å². The molecule has 8 heteroatoms. The Bertz CT molecular complexity index is 775. The van der Waals surface area contributed by atoms with Crippen LogP contribution >= 0.6 is 22.9 Å². The Labute approximate surface area is 161 Å². The summed E-state index contributed by atoms with van der Waals surface area (Å²) in [4.78, 5) is 17.5. The summed E-state index contributed by atoms with van der Waals surface area (Å²) in [7, 11) is 0. The van der Waals surface area contributed by atoms with Crippen LogP contribution in [0.4, 0.5) is 0 Å². The van der Waals surface area contributed by atoms with Crippen LogP contribution in [0, 0.1) is 0 Å². The van der Waals surface area contributed by atoms with Gasteiger partial charge < -0.3 is 14.6 Å². The summed E-state index contributed by atoms with van der Waals surface area (Å²) in [5, 5.41) is 11.6. The molecule has 0 radical (unpaired) electrons. The van der Waals surface area contributed by atoms with Crippen LogP contribution < -0.4 is 9.47 Å². The Morgan fingerprint density at radius 1 is 1.35 bits per heavy atom. The molecule has 1 aromatic heterocycles. The second-order valence-corrected chi connectivity index (χ2v) is 7.22. The fourth-order valence-electron chi connectivity index (χ4n) is 2.88. The average molecular weight is 397 g/mol. The lowest BCUT2D eigenvalue weighted by molar-refractivity contribution is 0.0691. The van der Waals surface area contributed by atoms with Gasteiger partial charge in [-0.2, -0.15) is 0 Å². The van der Waals surface area contributed by atoms with Crippen molar-refractivity contribution in [3.8, 4) is 22.1 Å². The molecule has 2 aromatic rings. The number of hydrogen-bond acceptors (Lipinski definition) is 6. The van der Waals surface area contributed by atoms with Gasteiger partial charge in [0, 0.05) is 17.5 Å². The smallest absolute Gasteiger partial charge is 0.355 e. The molecule has 26 heavy (non-hydrogen) atoms. The Kier molecular flexibility index (Phi) is 6.34. The van der Waals surface area contributed by atoms with E-state index in [4.69, 9.17) is 26.2 Å². The third-order valence-electron chi connectivity index (χ3n) is 4.13. The number of carboxylic acids is 1. The second-order valence-electron chi connectivity index (χ2n) is 5.96. The molecule has 3 rings (SSSR count). The first-order valence-corrected chi connectivity index (χ1v) is 9.85. The van der Waals surface area contributed by atoms with E-state index in [2.05, 4.69) is 9.88 Å². The van der Waals surface area contributed by atoms with Gasteiger partial charge in [0.15, 0.2) is 17.2 Å². The third-order valence-corrected chi connectivity index (χ3v) is 5.30. The molecular formula is C18H21ClN2O4S. The zero-order valence-electron chi connectivity index (χ0n) is 14.5. The third kappa shape index (κ3) is 4.47. The summed E-state index contributed by atoms with van der Waals surface area (Å²) in [6, 6.07) is 3.53. The first kappa shape index (κ1) is 18.9. The Balaban J connectivity index is 1.79. The van der Waals surface area contributed by atoms with E-state index in [-0.39, 0.29) is 5.69 Å². The quantitative estimate of drug-likeness (QED) is 0.726. The summed E-state index contributed by atoms with van der Waals surface area (Å²) in [5.41, 5.74) is 0.730. The van der Waals surface area contributed by atoms with Crippen molar-refractivity contribution < 1.29 is 19.4 Å². The Morgan fingerprint density at radius 2 is 2.12 bits per heavy atom. The number of rotatable bonds is 8. The molecule has 1 aliphatic rings. The number of aromatic nitrogens is 1. The van der Waals surface area contributed by atoms with Crippen molar-refractivity contribution in [3.63, 3.8) is 0 Å². The molecule has 1 saturated heterocycles. The zero-order chi connectivity index (χ0) is 18.5. The van der Waals surface area contributed by atoms with Crippen molar-refractivity contribution in [2.24, 2.45) is 0 Å². The van der Waals surface area contributed by atoms with Gasteiger partial charge in [-0.1, -0.05) is 11.6 Å². The van der Waals surface area contributed by atoms with E-state index in [1.54, 1.807) is 12.1 Å². The van der Waals surface area contributed by atoms with Gasteiger partial charge in [-0.05, 0) is 45.0 Å². The summed E-state index contributed by atoms with van der Waals surface area (Å²) >= 11 is 7.68. The van der Waals surface area contributed by atoms with Crippen LogP contribution in [0.2, 0.25) is 5.02 Å². The van der Waals surface area contributed by atoms with Crippen molar-refractivity contribution in [1.29, 1.82) is 0 Å². The summed E-state index contributed by atoms with van der Waals surface area (Å²) in [5.74, 6) is 0.0143. The first-order chi connectivity index (χ1) is 12.6. The van der Waals surface area contributed by atoms with Crippen molar-refractivity contribution in [1.82, 2.24) is 9.88 Å². The predicted molar refractivity (Wildman–Crippen MR) is 102 cm³/mol. The molecule has 0 saturated carbocycles. The number of halogens is 1. The van der Waals surface area contributed by atoms with Crippen LogP contribution in [-0.4, -0.2) is 53.8 Å². The molecule has 1 aromatic carbocycles. The molecule has 0 bridgehead atoms. The predicted octanol–water partition coefficient (Wildman–Crippen LogP) is 4.04. The topological polar surface area (TPSA) is 71.9 Å². The largest absolute Gasteiger partial charge is 0.490 e. The molecule has 6 nitrogen and oxygen atoms in total. The SMILES string of the molecule is CCOc1cc(-c2nc(C(=O)O)cs2)cc(Cl)c1OCCN1CCCC1. The maximum Gasteiger partial charge on any atom is 0.355 e. The van der Waals surface area contributed by atoms with Gasteiger partial charge >= 0.3 is 5.97 Å². The highest BCUT2D eigenvalue weighted by Crippen LogP contribution is 2.40. The van der Waals surface area contributed by atoms with Gasteiger partial charge in [-0.15, -0.1) is 11.3 Å². The molecule has 0 atom stereocenters. The number of nitrogens with zero attached hydrogens (tertiary/aromatic N) is 2. The van der Waals surface area contributed by atoms with E-state index in [1.807, 2.05) is 6.92 Å². The fourth-order valence-corrected chi connectivity index (χ4v) is 3.93. The molecular weight excluding hydrogens is 376 g/mol.